The number of aliphatic hydroxyl groups excluding tert-OH is 5. The molecule has 0 aromatic heterocycles. The fourth-order valence-electron chi connectivity index (χ4n) is 14.9. The van der Waals surface area contributed by atoms with Gasteiger partial charge in [-0.15, -0.1) is 11.8 Å². The molecule has 39 nitrogen and oxygen atoms in total. The molecule has 3 aromatic rings. The first-order valence-electron chi connectivity index (χ1n) is 44.2. The zero-order valence-electron chi connectivity index (χ0n) is 75.5. The van der Waals surface area contributed by atoms with E-state index in [0.29, 0.717) is 36.9 Å². The van der Waals surface area contributed by atoms with Gasteiger partial charge in [0.15, 0.2) is 34.7 Å². The summed E-state index contributed by atoms with van der Waals surface area (Å²) in [4.78, 5) is 272. The number of carboxylic acid groups (broad SMARTS) is 3. The number of nitrogens with one attached hydrogen (secondary N) is 7. The highest BCUT2D eigenvalue weighted by molar-refractivity contribution is 8.00. The number of unbranched alkanes of at least 4 members (excludes halogenated alkanes) is 1. The number of carbonyl (C=O) groups is 20. The molecule has 132 heavy (non-hydrogen) atoms. The van der Waals surface area contributed by atoms with Crippen molar-refractivity contribution in [1.82, 2.24) is 42.1 Å². The Kier molecular flexibility index (Phi) is 49.4. The van der Waals surface area contributed by atoms with Crippen molar-refractivity contribution in [3.8, 4) is 11.5 Å². The lowest BCUT2D eigenvalue weighted by atomic mass is 9.85. The van der Waals surface area contributed by atoms with Gasteiger partial charge in [-0.25, -0.2) is 0 Å². The molecule has 1 saturated heterocycles. The van der Waals surface area contributed by atoms with Crippen LogP contribution < -0.4 is 43.0 Å². The molecule has 3 aromatic carbocycles. The Labute approximate surface area is 769 Å². The standard InChI is InChI=1S/C92H129N9O30S/c1-8-51(4)84(78(115)38-59(32-56-19-24-63(106)25-20-56)87(126)96-70(31-50(2)3)74(111)36-60(40-82(120)121)86(125)95-52(5)15-12-13-29-93)100-89(128)62(46-102)39-75(112)71(34-57-21-26-64(107)27-22-57)97-88(127)61(41-83(122)123)37-76(113)73(47-103)99-91(130)69(54(7)105)43-77(114)72(33-55-16-10-9-11-17-55)98-90(129)68(53(6)104)42-66(109)45-94-85(124)58(23-28-81(118)119)35-67(110)49-132-48-65(108)18-14-30-101-80(117)44-79(116)92(101)131/h9-11,16-17,19-22,24-27,50-54,58-62,68-73,79,84,102-107,116H,8,12-15,18,23,28-49,93H2,1-7H3,(H,94,124)(H,95,125)(H,96,126)(H,97,127)(H,98,129)(H,99,130)(H,100,128)(H,118,119)(H,120,121)(H,122,123)/t51-,52+,53+,54+,58+,59+,60-,61-,62-,68-,69-,70-,71-,72-,73-,79+,84-/m0/s1. The highest BCUT2D eigenvalue weighted by Crippen LogP contribution is 2.27. The van der Waals surface area contributed by atoms with E-state index >= 15 is 0 Å². The molecule has 1 fully saturated rings. The molecule has 0 spiro atoms. The number of aliphatic hydroxyl groups is 5. The van der Waals surface area contributed by atoms with Gasteiger partial charge >= 0.3 is 17.9 Å². The summed E-state index contributed by atoms with van der Waals surface area (Å²) < 4.78 is 0. The molecule has 9 amide bonds. The number of thioether (sulfide) groups is 1. The van der Waals surface area contributed by atoms with Crippen molar-refractivity contribution in [2.24, 2.45) is 59.0 Å². The van der Waals surface area contributed by atoms with E-state index in [1.807, 2.05) is 0 Å². The molecule has 728 valence electrons. The molecule has 0 aliphatic carbocycles. The molecule has 0 unspecified atom stereocenters. The largest absolute Gasteiger partial charge is 0.508 e. The molecule has 1 heterocycles. The second kappa shape index (κ2) is 57.8. The van der Waals surface area contributed by atoms with Crippen LogP contribution in [0.3, 0.4) is 0 Å². The minimum absolute atomic E-state index is 0.0217. The van der Waals surface area contributed by atoms with E-state index < -0.39 is 304 Å². The van der Waals surface area contributed by atoms with Crippen LogP contribution in [0.1, 0.15) is 187 Å². The van der Waals surface area contributed by atoms with Gasteiger partial charge in [0, 0.05) is 82.2 Å². The van der Waals surface area contributed by atoms with Crippen LogP contribution in [0.15, 0.2) is 78.9 Å². The van der Waals surface area contributed by atoms with Crippen molar-refractivity contribution in [1.29, 1.82) is 0 Å². The summed E-state index contributed by atoms with van der Waals surface area (Å²) in [6.07, 6.45) is -12.2. The van der Waals surface area contributed by atoms with Crippen LogP contribution >= 0.6 is 11.8 Å². The third-order valence-corrected chi connectivity index (χ3v) is 23.8. The van der Waals surface area contributed by atoms with Crippen LogP contribution in [0, 0.1) is 53.3 Å². The second-order valence-electron chi connectivity index (χ2n) is 34.3. The number of imide groups is 1. The van der Waals surface area contributed by atoms with E-state index in [-0.39, 0.29) is 98.2 Å². The lowest BCUT2D eigenvalue weighted by Crippen LogP contribution is -2.52. The summed E-state index contributed by atoms with van der Waals surface area (Å²) in [5, 5.41) is 121. The molecule has 40 heteroatoms. The van der Waals surface area contributed by atoms with E-state index in [1.54, 1.807) is 65.0 Å². The summed E-state index contributed by atoms with van der Waals surface area (Å²) >= 11 is 0.900. The molecule has 17 atom stereocenters. The summed E-state index contributed by atoms with van der Waals surface area (Å²) in [6.45, 7) is 7.98. The number of carbonyl (C=O) groups excluding carboxylic acids is 17. The second-order valence-corrected chi connectivity index (χ2v) is 35.3. The first kappa shape index (κ1) is 113. The molecule has 0 bridgehead atoms. The number of ketones is 8. The van der Waals surface area contributed by atoms with Crippen molar-refractivity contribution in [2.45, 2.75) is 244 Å². The average Bonchev–Trinajstić information content (AvgIpc) is 1.30. The lowest BCUT2D eigenvalue weighted by molar-refractivity contribution is -0.143. The number of rotatable bonds is 67. The predicted octanol–water partition coefficient (Wildman–Crippen LogP) is 1.18. The number of phenols is 2. The quantitative estimate of drug-likeness (QED) is 0.0279. The maximum Gasteiger partial charge on any atom is 0.304 e. The number of aromatic hydroxyl groups is 2. The van der Waals surface area contributed by atoms with E-state index in [4.69, 9.17) is 5.73 Å². The van der Waals surface area contributed by atoms with Crippen LogP contribution in [-0.4, -0.2) is 272 Å². The van der Waals surface area contributed by atoms with Gasteiger partial charge in [0.2, 0.25) is 47.3 Å². The average molecular weight is 1870 g/mol. The highest BCUT2D eigenvalue weighted by Gasteiger charge is 2.42. The van der Waals surface area contributed by atoms with E-state index in [1.165, 1.54) is 48.5 Å². The van der Waals surface area contributed by atoms with Gasteiger partial charge in [0.1, 0.15) is 35.2 Å². The SMILES string of the molecule is CC[C@H](C)[C@H](NC(=O)[C@H](CO)CC(=O)[C@H](Cc1ccc(O)cc1)NC(=O)[C@H](CC(=O)O)CC(=O)[C@H](CO)NC(=O)[C@@H](CC(=O)[C@H](Cc1ccccc1)NC(=O)[C@@H](CC(=O)CNC(=O)[C@H](CCC(=O)O)CC(=O)CSCC(=O)CCCN1C(=O)C[C@@H](O)C1=O)[C@@H](C)O)[C@@H](C)O)C(=O)C[C@@H](Cc1ccc(O)cc1)C(=O)N[C@@H](CC(C)C)C(=O)C[C@@H](CC(=O)O)C(=O)N[C@H](C)CCCCN. The van der Waals surface area contributed by atoms with Crippen molar-refractivity contribution in [3.05, 3.63) is 95.6 Å². The lowest BCUT2D eigenvalue weighted by Gasteiger charge is -2.28. The van der Waals surface area contributed by atoms with Crippen molar-refractivity contribution >= 4 is 129 Å². The molecule has 1 aliphatic rings. The number of nitrogens with zero attached hydrogens (tertiary/aromatic N) is 1. The molecule has 1 aliphatic heterocycles. The van der Waals surface area contributed by atoms with Gasteiger partial charge in [-0.2, -0.15) is 0 Å². The molecular formula is C92H129N9O30S. The van der Waals surface area contributed by atoms with Crippen LogP contribution in [0.2, 0.25) is 0 Å². The number of benzene rings is 3. The number of aliphatic carboxylic acids is 3. The van der Waals surface area contributed by atoms with E-state index in [0.717, 1.165) is 30.5 Å². The minimum Gasteiger partial charge on any atom is -0.508 e. The predicted molar refractivity (Wildman–Crippen MR) is 475 cm³/mol. The summed E-state index contributed by atoms with van der Waals surface area (Å²) in [6, 6.07) is 10.3. The third kappa shape index (κ3) is 40.3. The molecule has 0 saturated carbocycles. The fraction of sp³-hybridized carbons (Fsp3) is 0.587. The Morgan fingerprint density at radius 2 is 0.924 bits per heavy atom. The number of nitrogens with two attached hydrogens (primary N) is 1. The number of phenolic OH excluding ortho intramolecular Hbond substituents is 2. The maximum atomic E-state index is 14.8. The molecule has 19 N–H and O–H groups in total. The summed E-state index contributed by atoms with van der Waals surface area (Å²) in [5.74, 6) is -31.9. The molecule has 0 radical (unpaired) electrons. The summed E-state index contributed by atoms with van der Waals surface area (Å²) in [7, 11) is 0. The van der Waals surface area contributed by atoms with Crippen LogP contribution in [-0.2, 0) is 115 Å². The van der Waals surface area contributed by atoms with Crippen molar-refractivity contribution in [3.63, 3.8) is 0 Å². The Balaban J connectivity index is 1.52. The van der Waals surface area contributed by atoms with Gasteiger partial charge in [-0.3, -0.25) is 101 Å². The maximum absolute atomic E-state index is 14.8. The Morgan fingerprint density at radius 1 is 0.455 bits per heavy atom. The monoisotopic (exact) mass is 1870 g/mol. The fourth-order valence-corrected chi connectivity index (χ4v) is 15.7. The van der Waals surface area contributed by atoms with Crippen molar-refractivity contribution < 1.29 is 147 Å². The number of Topliss-reactive ketones (excluding diaryl/α,β-unsaturated/α-hetero) is 8. The molecular weight excluding hydrogens is 1740 g/mol. The van der Waals surface area contributed by atoms with E-state index in [9.17, 15) is 147 Å². The Morgan fingerprint density at radius 3 is 1.43 bits per heavy atom. The van der Waals surface area contributed by atoms with Gasteiger partial charge < -0.3 is 94.0 Å². The Hall–Kier alpha value is -11.4. The van der Waals surface area contributed by atoms with Crippen molar-refractivity contribution in [2.75, 3.05) is 44.4 Å². The zero-order chi connectivity index (χ0) is 98.8. The smallest absolute Gasteiger partial charge is 0.304 e. The third-order valence-electron chi connectivity index (χ3n) is 22.8. The normalized spacial score (nSPS) is 16.2. The number of likely N-dealkylation sites (tertiary alicyclic amines) is 1. The topological polar surface area (TPSA) is 657 Å². The molecule has 4 rings (SSSR count). The number of carboxylic acids is 3. The highest BCUT2D eigenvalue weighted by atomic mass is 32.2. The van der Waals surface area contributed by atoms with E-state index in [2.05, 4.69) is 37.2 Å². The van der Waals surface area contributed by atoms with Gasteiger partial charge in [-0.05, 0) is 131 Å². The van der Waals surface area contributed by atoms with Gasteiger partial charge in [0.05, 0.1) is 116 Å². The van der Waals surface area contributed by atoms with Crippen LogP contribution in [0.25, 0.3) is 0 Å². The minimum atomic E-state index is -2.00. The summed E-state index contributed by atoms with van der Waals surface area (Å²) in [5.41, 5.74) is 6.75. The van der Waals surface area contributed by atoms with Crippen LogP contribution in [0.4, 0.5) is 0 Å². The number of hydrogen-bond donors (Lipinski definition) is 18. The van der Waals surface area contributed by atoms with Gasteiger partial charge in [0.25, 0.3) is 5.91 Å². The Bertz CT molecular complexity index is 4450. The van der Waals surface area contributed by atoms with Crippen LogP contribution in [0.5, 0.6) is 11.5 Å². The number of hydrogen-bond acceptors (Lipinski definition) is 29. The van der Waals surface area contributed by atoms with Gasteiger partial charge in [-0.1, -0.05) is 95.1 Å². The number of amides is 9. The first-order chi connectivity index (χ1) is 62.3. The zero-order valence-corrected chi connectivity index (χ0v) is 76.3. The first-order valence-corrected chi connectivity index (χ1v) is 45.4.